The molecule has 0 amide bonds. The Morgan fingerprint density at radius 2 is 2.11 bits per heavy atom. The Morgan fingerprint density at radius 3 is 2.67 bits per heavy atom. The van der Waals surface area contributed by atoms with Crippen LogP contribution in [0.3, 0.4) is 0 Å². The predicted octanol–water partition coefficient (Wildman–Crippen LogP) is 3.25. The summed E-state index contributed by atoms with van der Waals surface area (Å²) in [6.07, 6.45) is 4.78. The first-order valence-corrected chi connectivity index (χ1v) is 6.43. The minimum absolute atomic E-state index is 0.184. The molecule has 5 heteroatoms. The molecule has 0 aliphatic heterocycles. The van der Waals surface area contributed by atoms with E-state index in [0.717, 1.165) is 12.8 Å². The molecule has 1 heterocycles. The molecule has 1 aliphatic carbocycles. The standard InChI is InChI=1S/C13H20N2O3/c1-13(2)7-5-10(6-8-13)14-9-11-3-4-12(18-11)15(16)17/h3-4,10,14H,5-9H2,1-2H3. The molecule has 100 valence electrons. The summed E-state index contributed by atoms with van der Waals surface area (Å²) in [4.78, 5) is 9.98. The van der Waals surface area contributed by atoms with Crippen molar-refractivity contribution >= 4 is 5.88 Å². The molecule has 1 aromatic heterocycles. The van der Waals surface area contributed by atoms with Crippen molar-refractivity contribution in [1.82, 2.24) is 5.32 Å². The average molecular weight is 252 g/mol. The van der Waals surface area contributed by atoms with Crippen molar-refractivity contribution in [1.29, 1.82) is 0 Å². The van der Waals surface area contributed by atoms with Crippen LogP contribution in [0.15, 0.2) is 16.5 Å². The molecule has 2 rings (SSSR count). The van der Waals surface area contributed by atoms with E-state index in [1.165, 1.54) is 18.9 Å². The lowest BCUT2D eigenvalue weighted by molar-refractivity contribution is -0.402. The highest BCUT2D eigenvalue weighted by Gasteiger charge is 2.26. The lowest BCUT2D eigenvalue weighted by atomic mass is 9.75. The van der Waals surface area contributed by atoms with E-state index < -0.39 is 4.92 Å². The summed E-state index contributed by atoms with van der Waals surface area (Å²) < 4.78 is 5.12. The number of rotatable bonds is 4. The van der Waals surface area contributed by atoms with Crippen LogP contribution in [0.25, 0.3) is 0 Å². The average Bonchev–Trinajstić information content (AvgIpc) is 2.76. The van der Waals surface area contributed by atoms with E-state index in [9.17, 15) is 10.1 Å². The monoisotopic (exact) mass is 252 g/mol. The molecule has 1 aromatic rings. The van der Waals surface area contributed by atoms with E-state index in [0.29, 0.717) is 23.8 Å². The van der Waals surface area contributed by atoms with E-state index in [1.807, 2.05) is 0 Å². The maximum Gasteiger partial charge on any atom is 0.433 e. The van der Waals surface area contributed by atoms with Crippen LogP contribution >= 0.6 is 0 Å². The summed E-state index contributed by atoms with van der Waals surface area (Å²) in [7, 11) is 0. The van der Waals surface area contributed by atoms with Gasteiger partial charge in [0.1, 0.15) is 10.7 Å². The van der Waals surface area contributed by atoms with Crippen molar-refractivity contribution in [3.8, 4) is 0 Å². The third kappa shape index (κ3) is 3.32. The van der Waals surface area contributed by atoms with Gasteiger partial charge in [-0.05, 0) is 37.2 Å². The Balaban J connectivity index is 1.79. The second kappa shape index (κ2) is 5.10. The molecule has 0 unspecified atom stereocenters. The summed E-state index contributed by atoms with van der Waals surface area (Å²) in [5.41, 5.74) is 0.460. The highest BCUT2D eigenvalue weighted by Crippen LogP contribution is 2.35. The van der Waals surface area contributed by atoms with Gasteiger partial charge >= 0.3 is 5.88 Å². The Labute approximate surface area is 107 Å². The molecule has 0 aromatic carbocycles. The molecule has 1 fully saturated rings. The quantitative estimate of drug-likeness (QED) is 0.659. The molecule has 18 heavy (non-hydrogen) atoms. The van der Waals surface area contributed by atoms with Gasteiger partial charge in [0.05, 0.1) is 12.6 Å². The topological polar surface area (TPSA) is 68.3 Å². The van der Waals surface area contributed by atoms with E-state index in [4.69, 9.17) is 4.42 Å². The molecule has 5 nitrogen and oxygen atoms in total. The van der Waals surface area contributed by atoms with Crippen molar-refractivity contribution in [3.63, 3.8) is 0 Å². The second-order valence-electron chi connectivity index (χ2n) is 5.82. The zero-order valence-electron chi connectivity index (χ0n) is 10.9. The molecule has 1 N–H and O–H groups in total. The number of nitrogens with zero attached hydrogens (tertiary/aromatic N) is 1. The fraction of sp³-hybridized carbons (Fsp3) is 0.692. The molecule has 0 saturated heterocycles. The summed E-state index contributed by atoms with van der Waals surface area (Å²) in [5.74, 6) is 0.447. The number of hydrogen-bond acceptors (Lipinski definition) is 4. The zero-order chi connectivity index (χ0) is 13.2. The van der Waals surface area contributed by atoms with Gasteiger partial charge in [-0.3, -0.25) is 10.1 Å². The maximum atomic E-state index is 10.5. The molecular weight excluding hydrogens is 232 g/mol. The minimum atomic E-state index is -0.507. The third-order valence-corrected chi connectivity index (χ3v) is 3.73. The molecule has 0 radical (unpaired) electrons. The van der Waals surface area contributed by atoms with E-state index >= 15 is 0 Å². The van der Waals surface area contributed by atoms with Crippen LogP contribution < -0.4 is 5.32 Å². The maximum absolute atomic E-state index is 10.5. The zero-order valence-corrected chi connectivity index (χ0v) is 10.9. The lowest BCUT2D eigenvalue weighted by Gasteiger charge is -2.34. The van der Waals surface area contributed by atoms with Gasteiger partial charge in [-0.15, -0.1) is 0 Å². The van der Waals surface area contributed by atoms with E-state index in [2.05, 4.69) is 19.2 Å². The Hall–Kier alpha value is -1.36. The van der Waals surface area contributed by atoms with Crippen LogP contribution in [-0.4, -0.2) is 11.0 Å². The Morgan fingerprint density at radius 1 is 1.44 bits per heavy atom. The Kier molecular flexibility index (Phi) is 3.71. The number of nitro groups is 1. The van der Waals surface area contributed by atoms with Crippen LogP contribution in [0.5, 0.6) is 0 Å². The van der Waals surface area contributed by atoms with Gasteiger partial charge < -0.3 is 9.73 Å². The van der Waals surface area contributed by atoms with Crippen molar-refractivity contribution in [2.75, 3.05) is 0 Å². The summed E-state index contributed by atoms with van der Waals surface area (Å²) >= 11 is 0. The summed E-state index contributed by atoms with van der Waals surface area (Å²) in [5, 5.41) is 13.9. The van der Waals surface area contributed by atoms with Crippen molar-refractivity contribution in [3.05, 3.63) is 28.0 Å². The van der Waals surface area contributed by atoms with E-state index in [1.54, 1.807) is 6.07 Å². The highest BCUT2D eigenvalue weighted by molar-refractivity contribution is 5.17. The Bertz CT molecular complexity index is 416. The second-order valence-corrected chi connectivity index (χ2v) is 5.82. The van der Waals surface area contributed by atoms with Crippen LogP contribution in [0.4, 0.5) is 5.88 Å². The first-order chi connectivity index (χ1) is 8.46. The molecule has 0 spiro atoms. The van der Waals surface area contributed by atoms with Crippen molar-refractivity contribution in [2.45, 2.75) is 52.1 Å². The van der Waals surface area contributed by atoms with Gasteiger partial charge in [0.15, 0.2) is 0 Å². The van der Waals surface area contributed by atoms with Crippen LogP contribution in [0.1, 0.15) is 45.3 Å². The van der Waals surface area contributed by atoms with Gasteiger partial charge in [0.25, 0.3) is 0 Å². The van der Waals surface area contributed by atoms with Crippen LogP contribution in [0.2, 0.25) is 0 Å². The third-order valence-electron chi connectivity index (χ3n) is 3.73. The van der Waals surface area contributed by atoms with Gasteiger partial charge in [0.2, 0.25) is 0 Å². The lowest BCUT2D eigenvalue weighted by Crippen LogP contribution is -2.35. The van der Waals surface area contributed by atoms with Crippen LogP contribution in [0, 0.1) is 15.5 Å². The van der Waals surface area contributed by atoms with Gasteiger partial charge in [-0.2, -0.15) is 0 Å². The van der Waals surface area contributed by atoms with Gasteiger partial charge in [-0.1, -0.05) is 13.8 Å². The van der Waals surface area contributed by atoms with Crippen LogP contribution in [-0.2, 0) is 6.54 Å². The summed E-state index contributed by atoms with van der Waals surface area (Å²) in [6, 6.07) is 3.57. The normalized spacial score (nSPS) is 19.9. The molecule has 0 bridgehead atoms. The molecular formula is C13H20N2O3. The number of nitrogens with one attached hydrogen (secondary N) is 1. The fourth-order valence-corrected chi connectivity index (χ4v) is 2.41. The minimum Gasteiger partial charge on any atom is -0.404 e. The predicted molar refractivity (Wildman–Crippen MR) is 68.2 cm³/mol. The van der Waals surface area contributed by atoms with E-state index in [-0.39, 0.29) is 5.88 Å². The first kappa shape index (κ1) is 13.1. The largest absolute Gasteiger partial charge is 0.433 e. The number of hydrogen-bond donors (Lipinski definition) is 1. The molecule has 1 saturated carbocycles. The fourth-order valence-electron chi connectivity index (χ4n) is 2.41. The van der Waals surface area contributed by atoms with Gasteiger partial charge in [0, 0.05) is 6.04 Å². The SMILES string of the molecule is CC1(C)CCC(NCc2ccc([N+](=O)[O-])o2)CC1. The molecule has 1 aliphatic rings. The summed E-state index contributed by atoms with van der Waals surface area (Å²) in [6.45, 7) is 5.18. The smallest absolute Gasteiger partial charge is 0.404 e. The molecule has 0 atom stereocenters. The van der Waals surface area contributed by atoms with Gasteiger partial charge in [-0.25, -0.2) is 0 Å². The highest BCUT2D eigenvalue weighted by atomic mass is 16.6. The first-order valence-electron chi connectivity index (χ1n) is 6.43. The number of furan rings is 1. The van der Waals surface area contributed by atoms with Crippen molar-refractivity contribution in [2.24, 2.45) is 5.41 Å². The van der Waals surface area contributed by atoms with Crippen molar-refractivity contribution < 1.29 is 9.34 Å².